The molecule has 206 valence electrons. The van der Waals surface area contributed by atoms with Crippen molar-refractivity contribution in [1.82, 2.24) is 5.32 Å². The predicted octanol–water partition coefficient (Wildman–Crippen LogP) is 4.68. The van der Waals surface area contributed by atoms with Crippen LogP contribution in [0.1, 0.15) is 92.4 Å². The second-order valence-corrected chi connectivity index (χ2v) is 13.3. The van der Waals surface area contributed by atoms with Gasteiger partial charge in [0.2, 0.25) is 0 Å². The third kappa shape index (κ3) is 4.79. The summed E-state index contributed by atoms with van der Waals surface area (Å²) in [6.07, 6.45) is 5.91. The van der Waals surface area contributed by atoms with E-state index in [1.807, 2.05) is 13.8 Å². The van der Waals surface area contributed by atoms with Crippen LogP contribution < -0.4 is 5.32 Å². The minimum absolute atomic E-state index is 0.00335. The number of carbonyl (C=O) groups is 2. The number of nitrogens with one attached hydrogen (secondary N) is 1. The lowest BCUT2D eigenvalue weighted by Crippen LogP contribution is -2.63. The number of ether oxygens (including phenoxy) is 2. The molecule has 4 rings (SSSR count). The Balaban J connectivity index is 1.64. The van der Waals surface area contributed by atoms with Gasteiger partial charge in [-0.05, 0) is 106 Å². The highest BCUT2D eigenvalue weighted by molar-refractivity contribution is 5.69. The zero-order valence-corrected chi connectivity index (χ0v) is 23.2. The fourth-order valence-corrected chi connectivity index (χ4v) is 9.29. The van der Waals surface area contributed by atoms with Crippen LogP contribution in [0, 0.1) is 46.3 Å². The maximum Gasteiger partial charge on any atom is 0.407 e. The van der Waals surface area contributed by atoms with Crippen molar-refractivity contribution in [3.63, 3.8) is 0 Å². The molecule has 0 radical (unpaired) electrons. The Morgan fingerprint density at radius 3 is 2.42 bits per heavy atom. The highest BCUT2D eigenvalue weighted by atomic mass is 16.6. The maximum atomic E-state index is 12.8. The first-order valence-corrected chi connectivity index (χ1v) is 14.3. The SMILES string of the molecule is COC(=O)CC[C@@H](C)[C@H]1CC[C@H]2[C@@H]3[C@H](OC(=O)NC(C)C)C[C@@H]4C[C@H](O)CC[C@]4(C)[C@H]3C[C@H](O)[C@]12C. The van der Waals surface area contributed by atoms with E-state index in [0.29, 0.717) is 24.7 Å². The molecule has 1 amide bonds. The van der Waals surface area contributed by atoms with Gasteiger partial charge in [-0.3, -0.25) is 4.79 Å². The van der Waals surface area contributed by atoms with Crippen molar-refractivity contribution in [1.29, 1.82) is 0 Å². The van der Waals surface area contributed by atoms with Gasteiger partial charge in [0.15, 0.2) is 0 Å². The number of hydrogen-bond acceptors (Lipinski definition) is 6. The van der Waals surface area contributed by atoms with Gasteiger partial charge in [-0.25, -0.2) is 4.79 Å². The van der Waals surface area contributed by atoms with E-state index in [0.717, 1.165) is 44.9 Å². The molecule has 0 aromatic carbocycles. The van der Waals surface area contributed by atoms with Crippen molar-refractivity contribution < 1.29 is 29.3 Å². The molecule has 36 heavy (non-hydrogen) atoms. The standard InChI is InChI=1S/C29H49NO6/c1-16(2)30-27(34)36-23-14-18-13-19(31)11-12-28(18,4)22-15-24(32)29(5)20(8-9-21(29)26(22)23)17(3)7-10-25(33)35-6/h16-24,26,31-32H,7-15H2,1-6H3,(H,30,34)/t17-,18+,19-,20-,21+,22+,23-,24+,26+,28+,29-/m1/s1. The lowest BCUT2D eigenvalue weighted by atomic mass is 9.43. The molecule has 4 aliphatic carbocycles. The number of alkyl carbamates (subject to hydrolysis) is 1. The Morgan fingerprint density at radius 1 is 1.03 bits per heavy atom. The maximum absolute atomic E-state index is 12.8. The molecule has 0 aliphatic heterocycles. The molecule has 7 heteroatoms. The number of carbonyl (C=O) groups excluding carboxylic acids is 2. The molecule has 4 saturated carbocycles. The molecule has 0 saturated heterocycles. The molecule has 0 spiro atoms. The van der Waals surface area contributed by atoms with Gasteiger partial charge in [0, 0.05) is 18.4 Å². The van der Waals surface area contributed by atoms with Crippen LogP contribution in [0.2, 0.25) is 0 Å². The molecule has 0 aromatic heterocycles. The summed E-state index contributed by atoms with van der Waals surface area (Å²) in [4.78, 5) is 24.6. The van der Waals surface area contributed by atoms with Crippen LogP contribution in [-0.2, 0) is 14.3 Å². The van der Waals surface area contributed by atoms with Gasteiger partial charge in [0.1, 0.15) is 6.10 Å². The summed E-state index contributed by atoms with van der Waals surface area (Å²) in [6.45, 7) is 10.7. The zero-order chi connectivity index (χ0) is 26.4. The van der Waals surface area contributed by atoms with E-state index in [-0.39, 0.29) is 64.8 Å². The Labute approximate surface area is 217 Å². The normalized spacial score (nSPS) is 44.7. The summed E-state index contributed by atoms with van der Waals surface area (Å²) in [6, 6.07) is 0.00335. The molecule has 0 aromatic rings. The molecule has 0 heterocycles. The number of methoxy groups -OCH3 is 1. The summed E-state index contributed by atoms with van der Waals surface area (Å²) in [5.41, 5.74) is -0.237. The predicted molar refractivity (Wildman–Crippen MR) is 137 cm³/mol. The van der Waals surface area contributed by atoms with Crippen molar-refractivity contribution in [2.24, 2.45) is 46.3 Å². The van der Waals surface area contributed by atoms with Crippen molar-refractivity contribution in [3.05, 3.63) is 0 Å². The van der Waals surface area contributed by atoms with Crippen molar-refractivity contribution in [2.45, 2.75) is 117 Å². The topological polar surface area (TPSA) is 105 Å². The Kier molecular flexibility index (Phi) is 8.03. The van der Waals surface area contributed by atoms with Gasteiger partial charge in [-0.15, -0.1) is 0 Å². The third-order valence-corrected chi connectivity index (χ3v) is 11.2. The van der Waals surface area contributed by atoms with Crippen molar-refractivity contribution >= 4 is 12.1 Å². The fourth-order valence-electron chi connectivity index (χ4n) is 9.29. The lowest BCUT2D eigenvalue weighted by Gasteiger charge is -2.63. The first-order chi connectivity index (χ1) is 16.9. The molecule has 7 nitrogen and oxygen atoms in total. The molecular weight excluding hydrogens is 458 g/mol. The monoisotopic (exact) mass is 507 g/mol. The summed E-state index contributed by atoms with van der Waals surface area (Å²) in [5, 5.41) is 25.2. The van der Waals surface area contributed by atoms with Crippen LogP contribution >= 0.6 is 0 Å². The smallest absolute Gasteiger partial charge is 0.407 e. The van der Waals surface area contributed by atoms with E-state index < -0.39 is 6.10 Å². The molecule has 4 aliphatic rings. The van der Waals surface area contributed by atoms with Crippen LogP contribution in [0.15, 0.2) is 0 Å². The van der Waals surface area contributed by atoms with Crippen LogP contribution in [0.4, 0.5) is 4.79 Å². The molecular formula is C29H49NO6. The van der Waals surface area contributed by atoms with E-state index in [2.05, 4.69) is 26.1 Å². The van der Waals surface area contributed by atoms with Crippen molar-refractivity contribution in [3.8, 4) is 0 Å². The van der Waals surface area contributed by atoms with Crippen molar-refractivity contribution in [2.75, 3.05) is 7.11 Å². The highest BCUT2D eigenvalue weighted by Crippen LogP contribution is 2.68. The van der Waals surface area contributed by atoms with Gasteiger partial charge in [-0.1, -0.05) is 20.8 Å². The number of hydrogen-bond donors (Lipinski definition) is 3. The van der Waals surface area contributed by atoms with Crippen LogP contribution in [0.25, 0.3) is 0 Å². The molecule has 0 unspecified atom stereocenters. The number of fused-ring (bicyclic) bond motifs is 5. The summed E-state index contributed by atoms with van der Waals surface area (Å²) < 4.78 is 11.1. The highest BCUT2D eigenvalue weighted by Gasteiger charge is 2.66. The van der Waals surface area contributed by atoms with Gasteiger partial charge in [0.05, 0.1) is 19.3 Å². The average molecular weight is 508 g/mol. The first kappa shape index (κ1) is 27.7. The minimum atomic E-state index is -0.426. The molecule has 0 bridgehead atoms. The van der Waals surface area contributed by atoms with Gasteiger partial charge < -0.3 is 25.0 Å². The number of aliphatic hydroxyl groups excluding tert-OH is 2. The zero-order valence-electron chi connectivity index (χ0n) is 23.2. The quantitative estimate of drug-likeness (QED) is 0.451. The second-order valence-electron chi connectivity index (χ2n) is 13.3. The Bertz CT molecular complexity index is 818. The first-order valence-electron chi connectivity index (χ1n) is 14.3. The average Bonchev–Trinajstić information content (AvgIpc) is 3.17. The summed E-state index contributed by atoms with van der Waals surface area (Å²) >= 11 is 0. The Hall–Kier alpha value is -1.34. The van der Waals surface area contributed by atoms with Gasteiger partial charge >= 0.3 is 12.1 Å². The minimum Gasteiger partial charge on any atom is -0.469 e. The van der Waals surface area contributed by atoms with E-state index in [1.165, 1.54) is 7.11 Å². The van der Waals surface area contributed by atoms with Crippen LogP contribution in [0.5, 0.6) is 0 Å². The van der Waals surface area contributed by atoms with E-state index in [1.54, 1.807) is 0 Å². The van der Waals surface area contributed by atoms with E-state index in [9.17, 15) is 19.8 Å². The number of aliphatic hydroxyl groups is 2. The van der Waals surface area contributed by atoms with Gasteiger partial charge in [0.25, 0.3) is 0 Å². The largest absolute Gasteiger partial charge is 0.469 e. The molecule has 4 fully saturated rings. The number of amides is 1. The van der Waals surface area contributed by atoms with Crippen LogP contribution in [-0.4, -0.2) is 53.7 Å². The molecule has 3 N–H and O–H groups in total. The number of esters is 1. The number of rotatable bonds is 6. The van der Waals surface area contributed by atoms with E-state index >= 15 is 0 Å². The fraction of sp³-hybridized carbons (Fsp3) is 0.931. The second kappa shape index (κ2) is 10.4. The Morgan fingerprint density at radius 2 is 1.75 bits per heavy atom. The van der Waals surface area contributed by atoms with E-state index in [4.69, 9.17) is 9.47 Å². The van der Waals surface area contributed by atoms with Crippen LogP contribution in [0.3, 0.4) is 0 Å². The molecule has 11 atom stereocenters. The third-order valence-electron chi connectivity index (χ3n) is 11.2. The van der Waals surface area contributed by atoms with Gasteiger partial charge in [-0.2, -0.15) is 0 Å². The summed E-state index contributed by atoms with van der Waals surface area (Å²) in [7, 11) is 1.43. The summed E-state index contributed by atoms with van der Waals surface area (Å²) in [5.74, 6) is 1.44. The lowest BCUT2D eigenvalue weighted by molar-refractivity contribution is -0.206.